The SMILES string of the molecule is CCN(CC)c1ccc(CNC(=O)CCCN(c2cc([N+](=O)[O-])ccc2OC)S(C)(=O)=O)cc1. The molecule has 10 nitrogen and oxygen atoms in total. The average Bonchev–Trinajstić information content (AvgIpc) is 2.81. The summed E-state index contributed by atoms with van der Waals surface area (Å²) in [6, 6.07) is 11.7. The first-order valence-electron chi connectivity index (χ1n) is 11.0. The molecule has 0 aliphatic heterocycles. The molecule has 2 rings (SSSR count). The van der Waals surface area contributed by atoms with Crippen LogP contribution >= 0.6 is 0 Å². The van der Waals surface area contributed by atoms with Crippen LogP contribution in [0.15, 0.2) is 42.5 Å². The Morgan fingerprint density at radius 1 is 1.12 bits per heavy atom. The topological polar surface area (TPSA) is 122 Å². The Bertz CT molecular complexity index is 1090. The number of carbonyl (C=O) groups is 1. The molecule has 186 valence electrons. The third kappa shape index (κ3) is 7.34. The van der Waals surface area contributed by atoms with Crippen molar-refractivity contribution in [2.24, 2.45) is 0 Å². The molecule has 1 amide bonds. The van der Waals surface area contributed by atoms with E-state index in [0.717, 1.165) is 41.0 Å². The second kappa shape index (κ2) is 12.2. The molecule has 0 saturated heterocycles. The standard InChI is InChI=1S/C23H32N4O6S/c1-5-25(6-2)19-11-9-18(10-12-19)17-24-23(28)8-7-15-26(34(4,31)32)21-16-20(27(29)30)13-14-22(21)33-3/h9-14,16H,5-8,15,17H2,1-4H3,(H,24,28). The van der Waals surface area contributed by atoms with E-state index in [1.165, 1.54) is 19.2 Å². The largest absolute Gasteiger partial charge is 0.495 e. The van der Waals surface area contributed by atoms with E-state index < -0.39 is 14.9 Å². The molecule has 34 heavy (non-hydrogen) atoms. The summed E-state index contributed by atoms with van der Waals surface area (Å²) in [4.78, 5) is 25.1. The van der Waals surface area contributed by atoms with Crippen molar-refractivity contribution in [2.75, 3.05) is 42.2 Å². The van der Waals surface area contributed by atoms with Crippen molar-refractivity contribution in [3.05, 3.63) is 58.1 Å². The summed E-state index contributed by atoms with van der Waals surface area (Å²) in [7, 11) is -2.41. The van der Waals surface area contributed by atoms with Gasteiger partial charge in [-0.2, -0.15) is 0 Å². The maximum absolute atomic E-state index is 12.4. The third-order valence-electron chi connectivity index (χ3n) is 5.36. The molecule has 0 aliphatic rings. The second-order valence-corrected chi connectivity index (χ2v) is 9.57. The van der Waals surface area contributed by atoms with Crippen molar-refractivity contribution in [2.45, 2.75) is 33.2 Å². The quantitative estimate of drug-likeness (QED) is 0.336. The van der Waals surface area contributed by atoms with E-state index in [2.05, 4.69) is 24.1 Å². The number of sulfonamides is 1. The number of non-ortho nitro benzene ring substituents is 1. The summed E-state index contributed by atoms with van der Waals surface area (Å²) in [5.41, 5.74) is 1.89. The van der Waals surface area contributed by atoms with Crippen LogP contribution in [0.1, 0.15) is 32.3 Å². The maximum Gasteiger partial charge on any atom is 0.271 e. The van der Waals surface area contributed by atoms with Crippen LogP contribution in [0, 0.1) is 10.1 Å². The molecule has 2 aromatic carbocycles. The summed E-state index contributed by atoms with van der Waals surface area (Å²) >= 11 is 0. The highest BCUT2D eigenvalue weighted by molar-refractivity contribution is 7.92. The van der Waals surface area contributed by atoms with Crippen molar-refractivity contribution in [3.63, 3.8) is 0 Å². The Morgan fingerprint density at radius 2 is 1.76 bits per heavy atom. The van der Waals surface area contributed by atoms with Crippen LogP contribution in [-0.4, -0.2) is 52.2 Å². The van der Waals surface area contributed by atoms with E-state index >= 15 is 0 Å². The fourth-order valence-electron chi connectivity index (χ4n) is 3.54. The number of rotatable bonds is 13. The first kappa shape index (κ1) is 26.9. The van der Waals surface area contributed by atoms with Gasteiger partial charge in [0.15, 0.2) is 0 Å². The van der Waals surface area contributed by atoms with Gasteiger partial charge in [-0.3, -0.25) is 19.2 Å². The third-order valence-corrected chi connectivity index (χ3v) is 6.54. The maximum atomic E-state index is 12.4. The van der Waals surface area contributed by atoms with Crippen molar-refractivity contribution in [1.29, 1.82) is 0 Å². The fraction of sp³-hybridized carbons (Fsp3) is 0.435. The number of carbonyl (C=O) groups excluding carboxylic acids is 1. The monoisotopic (exact) mass is 492 g/mol. The number of nitro benzene ring substituents is 1. The van der Waals surface area contributed by atoms with Gasteiger partial charge in [0.2, 0.25) is 15.9 Å². The summed E-state index contributed by atoms with van der Waals surface area (Å²) in [6.07, 6.45) is 1.33. The fourth-order valence-corrected chi connectivity index (χ4v) is 4.50. The Labute approximate surface area is 200 Å². The number of hydrogen-bond donors (Lipinski definition) is 1. The van der Waals surface area contributed by atoms with E-state index in [1.807, 2.05) is 24.3 Å². The number of nitrogens with one attached hydrogen (secondary N) is 1. The highest BCUT2D eigenvalue weighted by atomic mass is 32.2. The van der Waals surface area contributed by atoms with Gasteiger partial charge in [0.1, 0.15) is 11.4 Å². The number of nitro groups is 1. The lowest BCUT2D eigenvalue weighted by Crippen LogP contribution is -2.32. The minimum Gasteiger partial charge on any atom is -0.495 e. The zero-order valence-corrected chi connectivity index (χ0v) is 20.8. The van der Waals surface area contributed by atoms with E-state index in [4.69, 9.17) is 4.74 Å². The van der Waals surface area contributed by atoms with Gasteiger partial charge in [-0.25, -0.2) is 8.42 Å². The van der Waals surface area contributed by atoms with Crippen molar-refractivity contribution in [3.8, 4) is 5.75 Å². The van der Waals surface area contributed by atoms with E-state index in [1.54, 1.807) is 0 Å². The smallest absolute Gasteiger partial charge is 0.271 e. The van der Waals surface area contributed by atoms with Crippen LogP contribution in [-0.2, 0) is 21.4 Å². The van der Waals surface area contributed by atoms with Crippen molar-refractivity contribution >= 4 is 33.0 Å². The molecule has 0 atom stereocenters. The van der Waals surface area contributed by atoms with Gasteiger partial charge in [-0.1, -0.05) is 12.1 Å². The normalized spacial score (nSPS) is 11.1. The molecule has 0 unspecified atom stereocenters. The van der Waals surface area contributed by atoms with Gasteiger partial charge in [0.25, 0.3) is 5.69 Å². The van der Waals surface area contributed by atoms with Crippen LogP contribution in [0.2, 0.25) is 0 Å². The summed E-state index contributed by atoms with van der Waals surface area (Å²) in [6.45, 7) is 6.36. The molecular weight excluding hydrogens is 460 g/mol. The van der Waals surface area contributed by atoms with Gasteiger partial charge < -0.3 is 15.0 Å². The number of methoxy groups -OCH3 is 1. The predicted octanol–water partition coefficient (Wildman–Crippen LogP) is 3.31. The van der Waals surface area contributed by atoms with Crippen LogP contribution in [0.5, 0.6) is 5.75 Å². The second-order valence-electron chi connectivity index (χ2n) is 7.67. The Balaban J connectivity index is 1.98. The van der Waals surface area contributed by atoms with Crippen LogP contribution in [0.3, 0.4) is 0 Å². The molecule has 0 saturated carbocycles. The molecule has 1 N–H and O–H groups in total. The molecule has 11 heteroatoms. The Hall–Kier alpha value is -3.34. The van der Waals surface area contributed by atoms with Crippen LogP contribution in [0.25, 0.3) is 0 Å². The van der Waals surface area contributed by atoms with E-state index in [9.17, 15) is 23.3 Å². The Morgan fingerprint density at radius 3 is 2.29 bits per heavy atom. The van der Waals surface area contributed by atoms with Gasteiger partial charge in [0, 0.05) is 50.4 Å². The number of benzene rings is 2. The number of anilines is 2. The number of nitrogens with zero attached hydrogens (tertiary/aromatic N) is 3. The highest BCUT2D eigenvalue weighted by Gasteiger charge is 2.24. The lowest BCUT2D eigenvalue weighted by molar-refractivity contribution is -0.384. The number of amides is 1. The lowest BCUT2D eigenvalue weighted by Gasteiger charge is -2.24. The zero-order chi connectivity index (χ0) is 25.3. The van der Waals surface area contributed by atoms with E-state index in [-0.39, 0.29) is 42.4 Å². The van der Waals surface area contributed by atoms with Gasteiger partial charge in [-0.05, 0) is 44.0 Å². The molecular formula is C23H32N4O6S. The molecule has 0 spiro atoms. The molecule has 0 fully saturated rings. The molecule has 0 aromatic heterocycles. The van der Waals surface area contributed by atoms with Crippen molar-refractivity contribution < 1.29 is 22.9 Å². The first-order chi connectivity index (χ1) is 16.1. The average molecular weight is 493 g/mol. The first-order valence-corrected chi connectivity index (χ1v) is 12.9. The van der Waals surface area contributed by atoms with E-state index in [0.29, 0.717) is 6.54 Å². The van der Waals surface area contributed by atoms with Gasteiger partial charge >= 0.3 is 0 Å². The Kier molecular flexibility index (Phi) is 9.67. The summed E-state index contributed by atoms with van der Waals surface area (Å²) in [5, 5.41) is 14.0. The molecule has 0 radical (unpaired) electrons. The van der Waals surface area contributed by atoms with Gasteiger partial charge in [0.05, 0.1) is 18.3 Å². The zero-order valence-electron chi connectivity index (χ0n) is 20.0. The molecule has 0 heterocycles. The highest BCUT2D eigenvalue weighted by Crippen LogP contribution is 2.33. The minimum atomic E-state index is -3.77. The molecule has 0 aliphatic carbocycles. The minimum absolute atomic E-state index is 0.0254. The molecule has 2 aromatic rings. The summed E-state index contributed by atoms with van der Waals surface area (Å²) in [5.74, 6) is -0.0269. The van der Waals surface area contributed by atoms with Crippen LogP contribution in [0.4, 0.5) is 17.1 Å². The predicted molar refractivity (Wildman–Crippen MR) is 133 cm³/mol. The van der Waals surface area contributed by atoms with Crippen molar-refractivity contribution in [1.82, 2.24) is 5.32 Å². The van der Waals surface area contributed by atoms with Gasteiger partial charge in [-0.15, -0.1) is 0 Å². The molecule has 0 bridgehead atoms. The number of ether oxygens (including phenoxy) is 1. The lowest BCUT2D eigenvalue weighted by atomic mass is 10.2. The number of hydrogen-bond acceptors (Lipinski definition) is 7. The summed E-state index contributed by atoms with van der Waals surface area (Å²) < 4.78 is 31.0. The van der Waals surface area contributed by atoms with Crippen LogP contribution < -0.4 is 19.3 Å².